The van der Waals surface area contributed by atoms with Crippen LogP contribution in [0.4, 0.5) is 0 Å². The number of hydrogen-bond donors (Lipinski definition) is 0. The van der Waals surface area contributed by atoms with E-state index in [2.05, 4.69) is 0 Å². The van der Waals surface area contributed by atoms with Gasteiger partial charge < -0.3 is 0 Å². The smallest absolute Gasteiger partial charge is 0.0686 e. The van der Waals surface area contributed by atoms with Crippen LogP contribution >= 0.6 is 46.4 Å². The van der Waals surface area contributed by atoms with E-state index in [1.54, 1.807) is 12.1 Å². The van der Waals surface area contributed by atoms with E-state index in [9.17, 15) is 0 Å². The van der Waals surface area contributed by atoms with Gasteiger partial charge in [-0.15, -0.1) is 0 Å². The molecule has 0 heterocycles. The van der Waals surface area contributed by atoms with Gasteiger partial charge in [-0.25, -0.2) is 0 Å². The van der Waals surface area contributed by atoms with E-state index in [1.165, 1.54) is 0 Å². The van der Waals surface area contributed by atoms with E-state index < -0.39 is 0 Å². The van der Waals surface area contributed by atoms with Crippen LogP contribution in [0.25, 0.3) is 10.1 Å². The predicted molar refractivity (Wildman–Crippen MR) is 81.4 cm³/mol. The van der Waals surface area contributed by atoms with Crippen LogP contribution in [-0.4, -0.2) is 0 Å². The van der Waals surface area contributed by atoms with E-state index in [-0.39, 0.29) is 0 Å². The average Bonchev–Trinajstić information content (AvgIpc) is 2.38. The Hall–Kier alpha value is -0.660. The number of benzene rings is 2. The third-order valence-electron chi connectivity index (χ3n) is 2.41. The zero-order valence-electron chi connectivity index (χ0n) is 9.13. The highest BCUT2D eigenvalue weighted by Crippen LogP contribution is 2.37. The van der Waals surface area contributed by atoms with Gasteiger partial charge >= 0.3 is 0 Å². The quantitative estimate of drug-likeness (QED) is 0.570. The van der Waals surface area contributed by atoms with Crippen molar-refractivity contribution in [1.29, 1.82) is 0 Å². The first-order chi connectivity index (χ1) is 8.61. The molecule has 0 radical (unpaired) electrons. The third-order valence-corrected chi connectivity index (χ3v) is 3.95. The molecule has 0 spiro atoms. The van der Waals surface area contributed by atoms with Crippen molar-refractivity contribution < 1.29 is 0 Å². The van der Waals surface area contributed by atoms with Gasteiger partial charge in [-0.05, 0) is 12.1 Å². The summed E-state index contributed by atoms with van der Waals surface area (Å²) in [5.74, 6) is 0. The topological polar surface area (TPSA) is 0 Å². The van der Waals surface area contributed by atoms with Crippen molar-refractivity contribution in [3.05, 3.63) is 69.7 Å². The molecule has 0 fully saturated rings. The van der Waals surface area contributed by atoms with Gasteiger partial charge in [0.2, 0.25) is 0 Å². The van der Waals surface area contributed by atoms with Crippen LogP contribution in [0.5, 0.6) is 0 Å². The van der Waals surface area contributed by atoms with E-state index in [0.717, 1.165) is 0 Å². The molecule has 0 atom stereocenters. The summed E-state index contributed by atoms with van der Waals surface area (Å²) in [5, 5.41) is 1.87. The van der Waals surface area contributed by atoms with Gasteiger partial charge in [0.1, 0.15) is 0 Å². The van der Waals surface area contributed by atoms with E-state index in [1.807, 2.05) is 36.4 Å². The predicted octanol–water partition coefficient (Wildman–Crippen LogP) is 6.30. The minimum Gasteiger partial charge on any atom is -0.0836 e. The van der Waals surface area contributed by atoms with Gasteiger partial charge in [0, 0.05) is 21.2 Å². The van der Waals surface area contributed by atoms with Crippen LogP contribution in [0.3, 0.4) is 0 Å². The van der Waals surface area contributed by atoms with Gasteiger partial charge in [-0.3, -0.25) is 0 Å². The zero-order valence-corrected chi connectivity index (χ0v) is 12.2. The highest BCUT2D eigenvalue weighted by molar-refractivity contribution is 6.66. The van der Waals surface area contributed by atoms with E-state index in [4.69, 9.17) is 46.4 Å². The summed E-state index contributed by atoms with van der Waals surface area (Å²) in [5.41, 5.74) is 1.37. The van der Waals surface area contributed by atoms with Crippen LogP contribution in [0.15, 0.2) is 48.5 Å². The van der Waals surface area contributed by atoms with E-state index in [0.29, 0.717) is 31.2 Å². The average molecular weight is 318 g/mol. The standard InChI is InChI=1S/C14H8Cl4/c15-11-7-3-1-5-9(11)13(17)14(18)10-6-2-4-8-12(10)16/h1-8H. The fraction of sp³-hybridized carbons (Fsp3) is 0. The van der Waals surface area contributed by atoms with Crippen molar-refractivity contribution in [2.24, 2.45) is 0 Å². The SMILES string of the molecule is ClC(=C(Cl)c1ccccc1Cl)c1ccccc1Cl. The summed E-state index contributed by atoms with van der Waals surface area (Å²) in [6.07, 6.45) is 0. The maximum Gasteiger partial charge on any atom is 0.0686 e. The van der Waals surface area contributed by atoms with Gasteiger partial charge in [0.15, 0.2) is 0 Å². The zero-order chi connectivity index (χ0) is 13.1. The molecule has 0 amide bonds. The monoisotopic (exact) mass is 316 g/mol. The van der Waals surface area contributed by atoms with Crippen LogP contribution in [0.1, 0.15) is 11.1 Å². The summed E-state index contributed by atoms with van der Waals surface area (Å²) in [7, 11) is 0. The molecular weight excluding hydrogens is 310 g/mol. The Balaban J connectivity index is 2.55. The molecule has 0 aliphatic carbocycles. The van der Waals surface area contributed by atoms with Crippen LogP contribution in [-0.2, 0) is 0 Å². The number of halogens is 4. The van der Waals surface area contributed by atoms with Crippen molar-refractivity contribution in [3.8, 4) is 0 Å². The van der Waals surface area contributed by atoms with Gasteiger partial charge in [-0.1, -0.05) is 82.8 Å². The molecule has 0 N–H and O–H groups in total. The Morgan fingerprint density at radius 2 is 0.944 bits per heavy atom. The summed E-state index contributed by atoms with van der Waals surface area (Å²) in [6, 6.07) is 14.5. The highest BCUT2D eigenvalue weighted by Gasteiger charge is 2.12. The van der Waals surface area contributed by atoms with Crippen molar-refractivity contribution in [2.45, 2.75) is 0 Å². The molecule has 0 saturated heterocycles. The number of rotatable bonds is 2. The molecular formula is C14H8Cl4. The summed E-state index contributed by atoms with van der Waals surface area (Å²) in [4.78, 5) is 0. The van der Waals surface area contributed by atoms with Crippen LogP contribution < -0.4 is 0 Å². The molecule has 0 saturated carbocycles. The molecule has 0 nitrogen and oxygen atoms in total. The van der Waals surface area contributed by atoms with Gasteiger partial charge in [0.05, 0.1) is 10.1 Å². The molecule has 92 valence electrons. The lowest BCUT2D eigenvalue weighted by Gasteiger charge is -2.07. The van der Waals surface area contributed by atoms with Crippen LogP contribution in [0, 0.1) is 0 Å². The summed E-state index contributed by atoms with van der Waals surface area (Å²) in [6.45, 7) is 0. The maximum absolute atomic E-state index is 6.27. The third kappa shape index (κ3) is 2.84. The van der Waals surface area contributed by atoms with Crippen molar-refractivity contribution in [3.63, 3.8) is 0 Å². The molecule has 0 bridgehead atoms. The fourth-order valence-corrected chi connectivity index (χ4v) is 2.61. The molecule has 18 heavy (non-hydrogen) atoms. The Labute approximate surface area is 126 Å². The Morgan fingerprint density at radius 1 is 0.611 bits per heavy atom. The van der Waals surface area contributed by atoms with Gasteiger partial charge in [-0.2, -0.15) is 0 Å². The molecule has 0 aliphatic rings. The highest BCUT2D eigenvalue weighted by atomic mass is 35.5. The largest absolute Gasteiger partial charge is 0.0836 e. The first-order valence-electron chi connectivity index (χ1n) is 5.16. The molecule has 2 rings (SSSR count). The van der Waals surface area contributed by atoms with Gasteiger partial charge in [0.25, 0.3) is 0 Å². The Bertz CT molecular complexity index is 549. The molecule has 0 aromatic heterocycles. The number of hydrogen-bond acceptors (Lipinski definition) is 0. The first-order valence-corrected chi connectivity index (χ1v) is 6.67. The molecule has 0 aliphatic heterocycles. The second kappa shape index (κ2) is 5.99. The van der Waals surface area contributed by atoms with Crippen molar-refractivity contribution >= 4 is 56.5 Å². The summed E-state index contributed by atoms with van der Waals surface area (Å²) < 4.78 is 0. The lowest BCUT2D eigenvalue weighted by Crippen LogP contribution is -1.85. The lowest BCUT2D eigenvalue weighted by molar-refractivity contribution is 1.62. The van der Waals surface area contributed by atoms with Crippen molar-refractivity contribution in [2.75, 3.05) is 0 Å². The molecule has 2 aromatic carbocycles. The van der Waals surface area contributed by atoms with E-state index >= 15 is 0 Å². The minimum atomic E-state index is 0.385. The molecule has 4 heteroatoms. The molecule has 2 aromatic rings. The Morgan fingerprint density at radius 3 is 1.28 bits per heavy atom. The van der Waals surface area contributed by atoms with Crippen LogP contribution in [0.2, 0.25) is 10.0 Å². The minimum absolute atomic E-state index is 0.385. The van der Waals surface area contributed by atoms with Crippen molar-refractivity contribution in [1.82, 2.24) is 0 Å². The maximum atomic E-state index is 6.27. The fourth-order valence-electron chi connectivity index (χ4n) is 1.51. The second-order valence-electron chi connectivity index (χ2n) is 3.59. The summed E-state index contributed by atoms with van der Waals surface area (Å²) >= 11 is 24.7. The lowest BCUT2D eigenvalue weighted by atomic mass is 10.1. The Kier molecular flexibility index (Phi) is 4.58. The second-order valence-corrected chi connectivity index (χ2v) is 5.16. The molecule has 0 unspecified atom stereocenters. The first kappa shape index (κ1) is 13.8. The normalized spacial score (nSPS) is 12.2.